The third-order valence-electron chi connectivity index (χ3n) is 3.35. The van der Waals surface area contributed by atoms with E-state index in [1.165, 1.54) is 0 Å². The van der Waals surface area contributed by atoms with Crippen molar-refractivity contribution >= 4 is 5.97 Å². The van der Waals surface area contributed by atoms with E-state index in [4.69, 9.17) is 9.84 Å². The van der Waals surface area contributed by atoms with Crippen molar-refractivity contribution in [2.75, 3.05) is 13.2 Å². The number of nitrogens with one attached hydrogen (secondary N) is 1. The van der Waals surface area contributed by atoms with E-state index in [0.29, 0.717) is 5.92 Å². The fourth-order valence-electron chi connectivity index (χ4n) is 2.18. The van der Waals surface area contributed by atoms with Gasteiger partial charge in [0.15, 0.2) is 0 Å². The summed E-state index contributed by atoms with van der Waals surface area (Å²) < 4.78 is 5.31. The van der Waals surface area contributed by atoms with Gasteiger partial charge in [-0.3, -0.25) is 4.79 Å². The Kier molecular flexibility index (Phi) is 5.22. The Hall–Kier alpha value is -0.610. The maximum absolute atomic E-state index is 11.1. The summed E-state index contributed by atoms with van der Waals surface area (Å²) in [5.74, 6) is -0.108. The molecule has 0 aliphatic carbocycles. The van der Waals surface area contributed by atoms with Crippen LogP contribution in [0.1, 0.15) is 33.6 Å². The number of carboxylic acids is 1. The van der Waals surface area contributed by atoms with E-state index in [0.717, 1.165) is 26.1 Å². The van der Waals surface area contributed by atoms with Crippen LogP contribution in [0.15, 0.2) is 0 Å². The standard InChI is InChI=1S/C12H23NO3/c1-8(2)11(12(14)15)13-9(3)10-4-6-16-7-5-10/h8-11,13H,4-7H2,1-3H3,(H,14,15). The summed E-state index contributed by atoms with van der Waals surface area (Å²) in [5.41, 5.74) is 0. The van der Waals surface area contributed by atoms with Crippen LogP contribution in [0.2, 0.25) is 0 Å². The van der Waals surface area contributed by atoms with Gasteiger partial charge in [0.25, 0.3) is 0 Å². The zero-order chi connectivity index (χ0) is 12.1. The molecule has 0 saturated carbocycles. The normalized spacial score (nSPS) is 22.0. The molecule has 16 heavy (non-hydrogen) atoms. The fourth-order valence-corrected chi connectivity index (χ4v) is 2.18. The highest BCUT2D eigenvalue weighted by Crippen LogP contribution is 2.19. The van der Waals surface area contributed by atoms with Gasteiger partial charge in [-0.1, -0.05) is 13.8 Å². The van der Waals surface area contributed by atoms with Crippen molar-refractivity contribution in [2.24, 2.45) is 11.8 Å². The quantitative estimate of drug-likeness (QED) is 0.750. The lowest BCUT2D eigenvalue weighted by Crippen LogP contribution is -2.48. The van der Waals surface area contributed by atoms with E-state index in [9.17, 15) is 4.79 Å². The van der Waals surface area contributed by atoms with Gasteiger partial charge in [0.2, 0.25) is 0 Å². The fraction of sp³-hybridized carbons (Fsp3) is 0.917. The average Bonchev–Trinajstić information content (AvgIpc) is 2.25. The SMILES string of the molecule is CC(C)C(NC(C)C1CCOCC1)C(=O)O. The van der Waals surface area contributed by atoms with Crippen molar-refractivity contribution < 1.29 is 14.6 Å². The zero-order valence-corrected chi connectivity index (χ0v) is 10.4. The van der Waals surface area contributed by atoms with E-state index in [2.05, 4.69) is 12.2 Å². The predicted molar refractivity (Wildman–Crippen MR) is 62.4 cm³/mol. The first-order chi connectivity index (χ1) is 7.52. The highest BCUT2D eigenvalue weighted by atomic mass is 16.5. The molecule has 0 spiro atoms. The molecule has 4 heteroatoms. The second kappa shape index (κ2) is 6.21. The average molecular weight is 229 g/mol. The lowest BCUT2D eigenvalue weighted by atomic mass is 9.91. The number of hydrogen-bond acceptors (Lipinski definition) is 3. The molecule has 94 valence electrons. The van der Waals surface area contributed by atoms with Crippen LogP contribution in [0, 0.1) is 11.8 Å². The van der Waals surface area contributed by atoms with Crippen molar-refractivity contribution in [1.29, 1.82) is 0 Å². The van der Waals surface area contributed by atoms with Gasteiger partial charge in [-0.15, -0.1) is 0 Å². The molecule has 2 N–H and O–H groups in total. The Morgan fingerprint density at radius 3 is 2.31 bits per heavy atom. The van der Waals surface area contributed by atoms with Crippen LogP contribution >= 0.6 is 0 Å². The topological polar surface area (TPSA) is 58.6 Å². The largest absolute Gasteiger partial charge is 0.480 e. The molecule has 1 saturated heterocycles. The maximum atomic E-state index is 11.1. The van der Waals surface area contributed by atoms with Crippen LogP contribution in [0.25, 0.3) is 0 Å². The molecule has 2 atom stereocenters. The monoisotopic (exact) mass is 229 g/mol. The minimum absolute atomic E-state index is 0.111. The summed E-state index contributed by atoms with van der Waals surface area (Å²) in [6, 6.07) is -0.203. The molecular formula is C12H23NO3. The maximum Gasteiger partial charge on any atom is 0.320 e. The molecule has 0 aromatic heterocycles. The van der Waals surface area contributed by atoms with Gasteiger partial charge >= 0.3 is 5.97 Å². The molecule has 1 rings (SSSR count). The first-order valence-corrected chi connectivity index (χ1v) is 6.09. The van der Waals surface area contributed by atoms with Crippen LogP contribution < -0.4 is 5.32 Å². The second-order valence-corrected chi connectivity index (χ2v) is 4.97. The Morgan fingerprint density at radius 1 is 1.31 bits per heavy atom. The minimum atomic E-state index is -0.756. The molecule has 2 unspecified atom stereocenters. The zero-order valence-electron chi connectivity index (χ0n) is 10.4. The Labute approximate surface area is 97.4 Å². The highest BCUT2D eigenvalue weighted by Gasteiger charge is 2.27. The summed E-state index contributed by atoms with van der Waals surface area (Å²) >= 11 is 0. The van der Waals surface area contributed by atoms with Crippen molar-refractivity contribution in [2.45, 2.75) is 45.7 Å². The molecular weight excluding hydrogens is 206 g/mol. The first kappa shape index (κ1) is 13.5. The smallest absolute Gasteiger partial charge is 0.320 e. The van der Waals surface area contributed by atoms with E-state index in [1.54, 1.807) is 0 Å². The van der Waals surface area contributed by atoms with Gasteiger partial charge in [0.05, 0.1) is 0 Å². The first-order valence-electron chi connectivity index (χ1n) is 6.09. The van der Waals surface area contributed by atoms with Crippen LogP contribution in [0.3, 0.4) is 0 Å². The number of hydrogen-bond donors (Lipinski definition) is 2. The van der Waals surface area contributed by atoms with Crippen molar-refractivity contribution in [3.05, 3.63) is 0 Å². The van der Waals surface area contributed by atoms with E-state index < -0.39 is 12.0 Å². The summed E-state index contributed by atoms with van der Waals surface area (Å²) in [7, 11) is 0. The third-order valence-corrected chi connectivity index (χ3v) is 3.35. The third kappa shape index (κ3) is 3.76. The van der Waals surface area contributed by atoms with Crippen molar-refractivity contribution in [1.82, 2.24) is 5.32 Å². The minimum Gasteiger partial charge on any atom is -0.480 e. The molecule has 0 aromatic carbocycles. The Balaban J connectivity index is 2.46. The molecule has 1 heterocycles. The number of carboxylic acid groups (broad SMARTS) is 1. The lowest BCUT2D eigenvalue weighted by molar-refractivity contribution is -0.141. The van der Waals surface area contributed by atoms with E-state index >= 15 is 0 Å². The summed E-state index contributed by atoms with van der Waals surface area (Å²) in [6.07, 6.45) is 2.05. The van der Waals surface area contributed by atoms with Crippen LogP contribution in [0.5, 0.6) is 0 Å². The van der Waals surface area contributed by atoms with E-state index in [1.807, 2.05) is 13.8 Å². The molecule has 0 amide bonds. The summed E-state index contributed by atoms with van der Waals surface area (Å²) in [4.78, 5) is 11.1. The van der Waals surface area contributed by atoms with Gasteiger partial charge in [0, 0.05) is 19.3 Å². The molecule has 4 nitrogen and oxygen atoms in total. The predicted octanol–water partition coefficient (Wildman–Crippen LogP) is 1.50. The molecule has 0 bridgehead atoms. The molecule has 0 aromatic rings. The van der Waals surface area contributed by atoms with Crippen LogP contribution in [-0.4, -0.2) is 36.4 Å². The number of rotatable bonds is 5. The Bertz CT molecular complexity index is 224. The summed E-state index contributed by atoms with van der Waals surface area (Å²) in [5, 5.41) is 12.3. The van der Waals surface area contributed by atoms with Gasteiger partial charge in [-0.05, 0) is 31.6 Å². The number of aliphatic carboxylic acids is 1. The van der Waals surface area contributed by atoms with Crippen molar-refractivity contribution in [3.8, 4) is 0 Å². The number of carbonyl (C=O) groups is 1. The van der Waals surface area contributed by atoms with Gasteiger partial charge in [0.1, 0.15) is 6.04 Å². The van der Waals surface area contributed by atoms with Crippen LogP contribution in [-0.2, 0) is 9.53 Å². The summed E-state index contributed by atoms with van der Waals surface area (Å²) in [6.45, 7) is 7.55. The van der Waals surface area contributed by atoms with Gasteiger partial charge in [-0.2, -0.15) is 0 Å². The molecule has 0 radical (unpaired) electrons. The van der Waals surface area contributed by atoms with Gasteiger partial charge in [-0.25, -0.2) is 0 Å². The second-order valence-electron chi connectivity index (χ2n) is 4.97. The van der Waals surface area contributed by atoms with E-state index in [-0.39, 0.29) is 12.0 Å². The number of ether oxygens (including phenoxy) is 1. The Morgan fingerprint density at radius 2 is 1.88 bits per heavy atom. The highest BCUT2D eigenvalue weighted by molar-refractivity contribution is 5.73. The molecule has 1 aliphatic heterocycles. The van der Waals surface area contributed by atoms with Crippen LogP contribution in [0.4, 0.5) is 0 Å². The molecule has 1 aliphatic rings. The molecule has 1 fully saturated rings. The lowest BCUT2D eigenvalue weighted by Gasteiger charge is -2.31. The van der Waals surface area contributed by atoms with Crippen molar-refractivity contribution in [3.63, 3.8) is 0 Å². The van der Waals surface area contributed by atoms with Gasteiger partial charge < -0.3 is 15.2 Å².